The van der Waals surface area contributed by atoms with Gasteiger partial charge >= 0.3 is 6.18 Å². The summed E-state index contributed by atoms with van der Waals surface area (Å²) in [5, 5.41) is 2.31. The van der Waals surface area contributed by atoms with Crippen molar-refractivity contribution in [3.05, 3.63) is 58.3 Å². The fourth-order valence-corrected chi connectivity index (χ4v) is 1.45. The Morgan fingerprint density at radius 1 is 1.20 bits per heavy atom. The summed E-state index contributed by atoms with van der Waals surface area (Å²) in [5.74, 6) is -0.751. The summed E-state index contributed by atoms with van der Waals surface area (Å²) in [6.07, 6.45) is -2.25. The van der Waals surface area contributed by atoms with Crippen molar-refractivity contribution in [3.8, 4) is 0 Å². The number of rotatable bonds is 2. The number of aromatic amines is 1. The van der Waals surface area contributed by atoms with Crippen LogP contribution in [0.15, 0.2) is 41.6 Å². The third-order valence-electron chi connectivity index (χ3n) is 2.43. The van der Waals surface area contributed by atoms with Gasteiger partial charge in [-0.15, -0.1) is 0 Å². The molecule has 2 aromatic rings. The van der Waals surface area contributed by atoms with E-state index in [2.05, 4.69) is 15.3 Å². The second-order valence-electron chi connectivity index (χ2n) is 3.82. The largest absolute Gasteiger partial charge is 0.416 e. The molecular weight excluding hydrogens is 275 g/mol. The Labute approximate surface area is 110 Å². The molecule has 8 heteroatoms. The third kappa shape index (κ3) is 3.02. The number of halogens is 3. The summed E-state index contributed by atoms with van der Waals surface area (Å²) in [6.45, 7) is 0. The van der Waals surface area contributed by atoms with Gasteiger partial charge in [-0.05, 0) is 24.3 Å². The van der Waals surface area contributed by atoms with Gasteiger partial charge in [-0.1, -0.05) is 0 Å². The smallest absolute Gasteiger partial charge is 0.322 e. The molecule has 0 aliphatic carbocycles. The number of hydrogen-bond acceptors (Lipinski definition) is 3. The molecular formula is C12H8F3N3O2. The lowest BCUT2D eigenvalue weighted by atomic mass is 10.2. The van der Waals surface area contributed by atoms with Crippen LogP contribution in [0.2, 0.25) is 0 Å². The molecule has 0 fully saturated rings. The van der Waals surface area contributed by atoms with Crippen LogP contribution in [0.5, 0.6) is 0 Å². The van der Waals surface area contributed by atoms with E-state index in [1.54, 1.807) is 0 Å². The summed E-state index contributed by atoms with van der Waals surface area (Å²) in [7, 11) is 0. The zero-order valence-electron chi connectivity index (χ0n) is 9.86. The van der Waals surface area contributed by atoms with E-state index >= 15 is 0 Å². The molecule has 20 heavy (non-hydrogen) atoms. The average molecular weight is 283 g/mol. The first-order valence-electron chi connectivity index (χ1n) is 5.39. The van der Waals surface area contributed by atoms with Crippen molar-refractivity contribution in [2.24, 2.45) is 0 Å². The quantitative estimate of drug-likeness (QED) is 0.885. The number of aromatic nitrogens is 2. The Kier molecular flexibility index (Phi) is 3.55. The highest BCUT2D eigenvalue weighted by Gasteiger charge is 2.30. The lowest BCUT2D eigenvalue weighted by molar-refractivity contribution is -0.137. The van der Waals surface area contributed by atoms with Gasteiger partial charge in [0.2, 0.25) is 0 Å². The van der Waals surface area contributed by atoms with Crippen LogP contribution in [-0.2, 0) is 6.18 Å². The highest BCUT2D eigenvalue weighted by Crippen LogP contribution is 2.29. The highest BCUT2D eigenvalue weighted by atomic mass is 19.4. The number of nitrogens with one attached hydrogen (secondary N) is 2. The molecule has 1 aromatic carbocycles. The number of nitrogens with zero attached hydrogens (tertiary/aromatic N) is 1. The van der Waals surface area contributed by atoms with Crippen LogP contribution in [0.4, 0.5) is 18.9 Å². The number of carbonyl (C=O) groups excluding carboxylic acids is 1. The molecule has 0 aliphatic rings. The normalized spacial score (nSPS) is 11.2. The number of benzene rings is 1. The van der Waals surface area contributed by atoms with Crippen molar-refractivity contribution < 1.29 is 18.0 Å². The van der Waals surface area contributed by atoms with Gasteiger partial charge in [0.15, 0.2) is 0 Å². The summed E-state index contributed by atoms with van der Waals surface area (Å²) < 4.78 is 37.1. The Bertz CT molecular complexity index is 677. The molecule has 0 bridgehead atoms. The zero-order valence-corrected chi connectivity index (χ0v) is 9.86. The van der Waals surface area contributed by atoms with Crippen molar-refractivity contribution in [2.45, 2.75) is 6.18 Å². The van der Waals surface area contributed by atoms with Gasteiger partial charge < -0.3 is 10.3 Å². The molecule has 0 aliphatic heterocycles. The number of alkyl halides is 3. The SMILES string of the molecule is O=C(Nc1ccc(C(F)(F)F)cc1)c1cnc[nH]c1=O. The maximum Gasteiger partial charge on any atom is 0.416 e. The second-order valence-corrected chi connectivity index (χ2v) is 3.82. The summed E-state index contributed by atoms with van der Waals surface area (Å²) in [6, 6.07) is 3.88. The van der Waals surface area contributed by atoms with Crippen LogP contribution < -0.4 is 10.9 Å². The van der Waals surface area contributed by atoms with E-state index in [0.717, 1.165) is 36.8 Å². The molecule has 1 heterocycles. The zero-order chi connectivity index (χ0) is 14.8. The summed E-state index contributed by atoms with van der Waals surface area (Å²) in [5.41, 5.74) is -1.54. The van der Waals surface area contributed by atoms with Crippen molar-refractivity contribution in [1.29, 1.82) is 0 Å². The van der Waals surface area contributed by atoms with Crippen LogP contribution in [0.3, 0.4) is 0 Å². The molecule has 0 unspecified atom stereocenters. The molecule has 0 radical (unpaired) electrons. The molecule has 5 nitrogen and oxygen atoms in total. The number of H-pyrrole nitrogens is 1. The Balaban J connectivity index is 2.17. The minimum atomic E-state index is -4.44. The van der Waals surface area contributed by atoms with E-state index in [4.69, 9.17) is 0 Å². The van der Waals surface area contributed by atoms with E-state index < -0.39 is 23.2 Å². The van der Waals surface area contributed by atoms with E-state index in [1.807, 2.05) is 0 Å². The lowest BCUT2D eigenvalue weighted by Crippen LogP contribution is -2.23. The van der Waals surface area contributed by atoms with Gasteiger partial charge in [-0.3, -0.25) is 9.59 Å². The van der Waals surface area contributed by atoms with Gasteiger partial charge in [-0.25, -0.2) is 4.98 Å². The van der Waals surface area contributed by atoms with E-state index in [1.165, 1.54) is 0 Å². The van der Waals surface area contributed by atoms with E-state index in [0.29, 0.717) is 0 Å². The van der Waals surface area contributed by atoms with Crippen LogP contribution >= 0.6 is 0 Å². The fourth-order valence-electron chi connectivity index (χ4n) is 1.45. The Morgan fingerprint density at radius 3 is 2.40 bits per heavy atom. The first-order chi connectivity index (χ1) is 9.38. The van der Waals surface area contributed by atoms with Gasteiger partial charge in [0.1, 0.15) is 5.56 Å². The number of carbonyl (C=O) groups is 1. The minimum Gasteiger partial charge on any atom is -0.322 e. The molecule has 104 valence electrons. The minimum absolute atomic E-state index is 0.145. The Morgan fingerprint density at radius 2 is 1.85 bits per heavy atom. The maximum atomic E-state index is 12.4. The van der Waals surface area contributed by atoms with E-state index in [9.17, 15) is 22.8 Å². The molecule has 0 saturated heterocycles. The topological polar surface area (TPSA) is 74.8 Å². The van der Waals surface area contributed by atoms with Crippen molar-refractivity contribution >= 4 is 11.6 Å². The van der Waals surface area contributed by atoms with Gasteiger partial charge in [0.05, 0.1) is 11.9 Å². The molecule has 0 saturated carbocycles. The standard InChI is InChI=1S/C12H8F3N3O2/c13-12(14,15)7-1-3-8(4-2-7)18-11(20)9-5-16-6-17-10(9)19/h1-6H,(H,18,20)(H,16,17,19). The van der Waals surface area contributed by atoms with Crippen LogP contribution in [-0.4, -0.2) is 15.9 Å². The van der Waals surface area contributed by atoms with Crippen molar-refractivity contribution in [3.63, 3.8) is 0 Å². The molecule has 0 spiro atoms. The molecule has 2 rings (SSSR count). The number of amides is 1. The number of hydrogen-bond donors (Lipinski definition) is 2. The summed E-state index contributed by atoms with van der Waals surface area (Å²) >= 11 is 0. The van der Waals surface area contributed by atoms with Gasteiger partial charge in [-0.2, -0.15) is 13.2 Å². The van der Waals surface area contributed by atoms with Gasteiger partial charge in [0.25, 0.3) is 11.5 Å². The molecule has 1 aromatic heterocycles. The van der Waals surface area contributed by atoms with E-state index in [-0.39, 0.29) is 11.3 Å². The molecule has 0 atom stereocenters. The predicted molar refractivity (Wildman–Crippen MR) is 64.3 cm³/mol. The summed E-state index contributed by atoms with van der Waals surface area (Å²) in [4.78, 5) is 28.9. The van der Waals surface area contributed by atoms with Crippen molar-refractivity contribution in [1.82, 2.24) is 9.97 Å². The first kappa shape index (κ1) is 13.8. The third-order valence-corrected chi connectivity index (χ3v) is 2.43. The maximum absolute atomic E-state index is 12.4. The molecule has 1 amide bonds. The van der Waals surface area contributed by atoms with Crippen LogP contribution in [0.25, 0.3) is 0 Å². The first-order valence-corrected chi connectivity index (χ1v) is 5.39. The second kappa shape index (κ2) is 5.16. The fraction of sp³-hybridized carbons (Fsp3) is 0.0833. The van der Waals surface area contributed by atoms with Crippen LogP contribution in [0.1, 0.15) is 15.9 Å². The average Bonchev–Trinajstić information content (AvgIpc) is 2.38. The van der Waals surface area contributed by atoms with Crippen molar-refractivity contribution in [2.75, 3.05) is 5.32 Å². The highest BCUT2D eigenvalue weighted by molar-refractivity contribution is 6.03. The number of anilines is 1. The van der Waals surface area contributed by atoms with Crippen LogP contribution in [0, 0.1) is 0 Å². The van der Waals surface area contributed by atoms with Gasteiger partial charge in [0, 0.05) is 11.9 Å². The predicted octanol–water partition coefficient (Wildman–Crippen LogP) is 2.04. The monoisotopic (exact) mass is 283 g/mol. The molecule has 2 N–H and O–H groups in total. The Hall–Kier alpha value is -2.64. The lowest BCUT2D eigenvalue weighted by Gasteiger charge is -2.08.